The highest BCUT2D eigenvalue weighted by Crippen LogP contribution is 2.35. The molecular formula is C23H35ClFN. The summed E-state index contributed by atoms with van der Waals surface area (Å²) in [5, 5.41) is 0.779. The summed E-state index contributed by atoms with van der Waals surface area (Å²) in [6, 6.07) is 8.61. The molecule has 0 amide bonds. The van der Waals surface area contributed by atoms with Crippen molar-refractivity contribution in [2.45, 2.75) is 77.9 Å². The zero-order valence-corrected chi connectivity index (χ0v) is 18.0. The third kappa shape index (κ3) is 5.82. The molecule has 0 spiro atoms. The highest BCUT2D eigenvalue weighted by molar-refractivity contribution is 6.30. The monoisotopic (exact) mass is 379 g/mol. The second-order valence-electron chi connectivity index (χ2n) is 9.28. The van der Waals surface area contributed by atoms with Gasteiger partial charge in [-0.2, -0.15) is 0 Å². The third-order valence-corrected chi connectivity index (χ3v) is 6.09. The Morgan fingerprint density at radius 1 is 1.15 bits per heavy atom. The van der Waals surface area contributed by atoms with E-state index in [4.69, 9.17) is 11.6 Å². The van der Waals surface area contributed by atoms with Gasteiger partial charge in [-0.3, -0.25) is 4.90 Å². The van der Waals surface area contributed by atoms with Crippen molar-refractivity contribution in [1.82, 2.24) is 4.90 Å². The van der Waals surface area contributed by atoms with Crippen LogP contribution in [0.4, 0.5) is 4.39 Å². The first kappa shape index (κ1) is 21.4. The number of hydrogen-bond acceptors (Lipinski definition) is 1. The van der Waals surface area contributed by atoms with E-state index in [0.717, 1.165) is 37.4 Å². The molecule has 1 fully saturated rings. The standard InChI is InChI=1S/C23H35ClFN/c1-17(2)15-21(26-13-11-19(12-14-26)23(5,6)25)16-22(3,4)18-7-9-20(24)10-8-18/h7-10,15,19,21H,11-14,16H2,1-6H3. The van der Waals surface area contributed by atoms with Gasteiger partial charge in [-0.15, -0.1) is 0 Å². The molecular weight excluding hydrogens is 345 g/mol. The maximum Gasteiger partial charge on any atom is 0.108 e. The van der Waals surface area contributed by atoms with Gasteiger partial charge >= 0.3 is 0 Å². The fourth-order valence-corrected chi connectivity index (χ4v) is 4.26. The fourth-order valence-electron chi connectivity index (χ4n) is 4.14. The van der Waals surface area contributed by atoms with E-state index >= 15 is 0 Å². The van der Waals surface area contributed by atoms with Crippen LogP contribution in [0.5, 0.6) is 0 Å². The number of benzene rings is 1. The van der Waals surface area contributed by atoms with Crippen LogP contribution in [0.25, 0.3) is 0 Å². The van der Waals surface area contributed by atoms with E-state index in [9.17, 15) is 4.39 Å². The summed E-state index contributed by atoms with van der Waals surface area (Å²) in [4.78, 5) is 2.55. The van der Waals surface area contributed by atoms with Crippen molar-refractivity contribution in [3.63, 3.8) is 0 Å². The summed E-state index contributed by atoms with van der Waals surface area (Å²) < 4.78 is 14.3. The number of allylic oxidation sites excluding steroid dienone is 1. The van der Waals surface area contributed by atoms with Crippen molar-refractivity contribution in [2.75, 3.05) is 13.1 Å². The van der Waals surface area contributed by atoms with Gasteiger partial charge in [0.05, 0.1) is 0 Å². The minimum absolute atomic E-state index is 0.0530. The van der Waals surface area contributed by atoms with Crippen LogP contribution in [-0.4, -0.2) is 29.7 Å². The van der Waals surface area contributed by atoms with Gasteiger partial charge in [0.2, 0.25) is 0 Å². The molecule has 0 aromatic heterocycles. The molecule has 0 N–H and O–H groups in total. The number of rotatable bonds is 6. The second-order valence-corrected chi connectivity index (χ2v) is 9.72. The molecule has 1 aromatic carbocycles. The van der Waals surface area contributed by atoms with Crippen molar-refractivity contribution >= 4 is 11.6 Å². The highest BCUT2D eigenvalue weighted by atomic mass is 35.5. The van der Waals surface area contributed by atoms with Crippen molar-refractivity contribution in [1.29, 1.82) is 0 Å². The quantitative estimate of drug-likeness (QED) is 0.491. The summed E-state index contributed by atoms with van der Waals surface area (Å²) in [7, 11) is 0. The van der Waals surface area contributed by atoms with E-state index in [1.807, 2.05) is 12.1 Å². The molecule has 0 bridgehead atoms. The lowest BCUT2D eigenvalue weighted by Gasteiger charge is -2.42. The van der Waals surface area contributed by atoms with Crippen LogP contribution < -0.4 is 0 Å². The Morgan fingerprint density at radius 2 is 1.69 bits per heavy atom. The van der Waals surface area contributed by atoms with Crippen LogP contribution in [0, 0.1) is 5.92 Å². The molecule has 0 radical (unpaired) electrons. The Hall–Kier alpha value is -0.860. The van der Waals surface area contributed by atoms with Gasteiger partial charge < -0.3 is 0 Å². The number of hydrogen-bond donors (Lipinski definition) is 0. The van der Waals surface area contributed by atoms with E-state index in [-0.39, 0.29) is 11.3 Å². The molecule has 1 aliphatic heterocycles. The Balaban J connectivity index is 2.13. The summed E-state index contributed by atoms with van der Waals surface area (Å²) >= 11 is 6.06. The highest BCUT2D eigenvalue weighted by Gasteiger charge is 2.35. The van der Waals surface area contributed by atoms with Crippen molar-refractivity contribution in [3.8, 4) is 0 Å². The summed E-state index contributed by atoms with van der Waals surface area (Å²) in [5.41, 5.74) is 1.64. The molecule has 1 saturated heterocycles. The minimum atomic E-state index is -1.07. The zero-order chi connectivity index (χ0) is 19.5. The Morgan fingerprint density at radius 3 is 2.15 bits per heavy atom. The molecule has 1 aromatic rings. The van der Waals surface area contributed by atoms with Gasteiger partial charge in [0.25, 0.3) is 0 Å². The van der Waals surface area contributed by atoms with E-state index in [1.54, 1.807) is 13.8 Å². The number of likely N-dealkylation sites (tertiary alicyclic amines) is 1. The van der Waals surface area contributed by atoms with Crippen LogP contribution in [0.2, 0.25) is 5.02 Å². The number of nitrogens with zero attached hydrogens (tertiary/aromatic N) is 1. The van der Waals surface area contributed by atoms with E-state index in [1.165, 1.54) is 11.1 Å². The maximum absolute atomic E-state index is 14.3. The Bertz CT molecular complexity index is 600. The van der Waals surface area contributed by atoms with Crippen LogP contribution in [-0.2, 0) is 5.41 Å². The number of halogens is 2. The molecule has 26 heavy (non-hydrogen) atoms. The first-order valence-electron chi connectivity index (χ1n) is 9.83. The fraction of sp³-hybridized carbons (Fsp3) is 0.652. The zero-order valence-electron chi connectivity index (χ0n) is 17.3. The average Bonchev–Trinajstić information content (AvgIpc) is 2.53. The summed E-state index contributed by atoms with van der Waals surface area (Å²) in [6.07, 6.45) is 5.32. The molecule has 1 aliphatic rings. The van der Waals surface area contributed by atoms with E-state index < -0.39 is 5.67 Å². The SMILES string of the molecule is CC(C)=CC(CC(C)(C)c1ccc(Cl)cc1)N1CCC(C(C)(C)F)CC1. The molecule has 1 heterocycles. The second kappa shape index (κ2) is 8.44. The summed E-state index contributed by atoms with van der Waals surface area (Å²) in [5.74, 6) is 0.176. The van der Waals surface area contributed by atoms with Gasteiger partial charge in [-0.05, 0) is 89.1 Å². The first-order chi connectivity index (χ1) is 12.0. The molecule has 3 heteroatoms. The minimum Gasteiger partial charge on any atom is -0.297 e. The first-order valence-corrected chi connectivity index (χ1v) is 10.2. The van der Waals surface area contributed by atoms with Gasteiger partial charge in [0.1, 0.15) is 5.67 Å². The molecule has 0 saturated carbocycles. The van der Waals surface area contributed by atoms with Crippen molar-refractivity contribution in [3.05, 3.63) is 46.5 Å². The topological polar surface area (TPSA) is 3.24 Å². The Labute approximate surface area is 164 Å². The molecule has 1 nitrogen and oxygen atoms in total. The average molecular weight is 380 g/mol. The van der Waals surface area contributed by atoms with Crippen molar-refractivity contribution < 1.29 is 4.39 Å². The van der Waals surface area contributed by atoms with Crippen LogP contribution in [0.3, 0.4) is 0 Å². The van der Waals surface area contributed by atoms with Crippen molar-refractivity contribution in [2.24, 2.45) is 5.92 Å². The van der Waals surface area contributed by atoms with Crippen LogP contribution >= 0.6 is 11.6 Å². The number of piperidine rings is 1. The third-order valence-electron chi connectivity index (χ3n) is 5.84. The van der Waals surface area contributed by atoms with Gasteiger partial charge in [0, 0.05) is 11.1 Å². The van der Waals surface area contributed by atoms with Gasteiger partial charge in [0.15, 0.2) is 0 Å². The lowest BCUT2D eigenvalue weighted by molar-refractivity contribution is 0.0494. The number of alkyl halides is 1. The maximum atomic E-state index is 14.3. The van der Waals surface area contributed by atoms with Gasteiger partial charge in [-0.25, -0.2) is 4.39 Å². The normalized spacial score (nSPS) is 18.6. The van der Waals surface area contributed by atoms with E-state index in [2.05, 4.69) is 50.8 Å². The van der Waals surface area contributed by atoms with Gasteiger partial charge in [-0.1, -0.05) is 49.2 Å². The van der Waals surface area contributed by atoms with Crippen LogP contribution in [0.15, 0.2) is 35.9 Å². The predicted octanol–water partition coefficient (Wildman–Crippen LogP) is 6.80. The Kier molecular flexibility index (Phi) is 6.96. The van der Waals surface area contributed by atoms with E-state index in [0.29, 0.717) is 6.04 Å². The largest absolute Gasteiger partial charge is 0.297 e. The lowest BCUT2D eigenvalue weighted by Crippen LogP contribution is -2.46. The molecule has 0 aliphatic carbocycles. The molecule has 1 unspecified atom stereocenters. The smallest absolute Gasteiger partial charge is 0.108 e. The predicted molar refractivity (Wildman–Crippen MR) is 112 cm³/mol. The molecule has 146 valence electrons. The molecule has 2 rings (SSSR count). The molecule has 1 atom stereocenters. The summed E-state index contributed by atoms with van der Waals surface area (Å²) in [6.45, 7) is 14.3. The lowest BCUT2D eigenvalue weighted by atomic mass is 9.77. The van der Waals surface area contributed by atoms with Crippen LogP contribution in [0.1, 0.15) is 66.4 Å².